The highest BCUT2D eigenvalue weighted by Gasteiger charge is 2.18. The Labute approximate surface area is 145 Å². The summed E-state index contributed by atoms with van der Waals surface area (Å²) in [6.07, 6.45) is 1.74. The molecule has 0 spiro atoms. The summed E-state index contributed by atoms with van der Waals surface area (Å²) in [7, 11) is 0. The van der Waals surface area contributed by atoms with Crippen LogP contribution in [0.2, 0.25) is 0 Å². The molecular weight excluding hydrogens is 321 g/mol. The summed E-state index contributed by atoms with van der Waals surface area (Å²) in [5.41, 5.74) is 3.30. The van der Waals surface area contributed by atoms with Gasteiger partial charge in [-0.2, -0.15) is 11.3 Å². The molecule has 124 valence electrons. The Balaban J connectivity index is 1.41. The highest BCUT2D eigenvalue weighted by molar-refractivity contribution is 7.07. The van der Waals surface area contributed by atoms with Crippen molar-refractivity contribution < 1.29 is 4.39 Å². The van der Waals surface area contributed by atoms with Crippen molar-refractivity contribution in [2.45, 2.75) is 13.1 Å². The summed E-state index contributed by atoms with van der Waals surface area (Å²) < 4.78 is 13.9. The van der Waals surface area contributed by atoms with Crippen LogP contribution in [0.5, 0.6) is 0 Å². The SMILES string of the molecule is Fc1ccc(CN2CCN(Cc3ccsc3)CC2)c2ncccc12. The highest BCUT2D eigenvalue weighted by Crippen LogP contribution is 2.21. The fourth-order valence-electron chi connectivity index (χ4n) is 3.31. The zero-order valence-corrected chi connectivity index (χ0v) is 14.3. The number of piperazine rings is 1. The van der Waals surface area contributed by atoms with Crippen molar-refractivity contribution >= 4 is 22.2 Å². The first kappa shape index (κ1) is 15.7. The molecule has 3 nitrogen and oxygen atoms in total. The first-order valence-corrected chi connectivity index (χ1v) is 9.22. The molecule has 0 atom stereocenters. The second kappa shape index (κ2) is 6.97. The zero-order valence-electron chi connectivity index (χ0n) is 13.5. The normalized spacial score (nSPS) is 16.7. The molecule has 0 unspecified atom stereocenters. The average Bonchev–Trinajstić information content (AvgIpc) is 3.12. The second-order valence-electron chi connectivity index (χ2n) is 6.29. The number of rotatable bonds is 4. The molecule has 0 saturated carbocycles. The molecule has 0 radical (unpaired) electrons. The van der Waals surface area contributed by atoms with Crippen LogP contribution in [0.4, 0.5) is 4.39 Å². The second-order valence-corrected chi connectivity index (χ2v) is 7.07. The maximum absolute atomic E-state index is 13.9. The molecule has 3 heterocycles. The summed E-state index contributed by atoms with van der Waals surface area (Å²) in [4.78, 5) is 9.33. The number of hydrogen-bond acceptors (Lipinski definition) is 4. The lowest BCUT2D eigenvalue weighted by molar-refractivity contribution is 0.122. The molecule has 4 rings (SSSR count). The van der Waals surface area contributed by atoms with Gasteiger partial charge in [0, 0.05) is 50.9 Å². The molecule has 1 aliphatic rings. The monoisotopic (exact) mass is 341 g/mol. The largest absolute Gasteiger partial charge is 0.297 e. The molecule has 5 heteroatoms. The van der Waals surface area contributed by atoms with Gasteiger partial charge in [0.1, 0.15) is 5.82 Å². The van der Waals surface area contributed by atoms with Gasteiger partial charge < -0.3 is 0 Å². The highest BCUT2D eigenvalue weighted by atomic mass is 32.1. The fourth-order valence-corrected chi connectivity index (χ4v) is 3.97. The number of thiophene rings is 1. The molecular formula is C19H20FN3S. The van der Waals surface area contributed by atoms with Crippen molar-refractivity contribution in [2.75, 3.05) is 26.2 Å². The van der Waals surface area contributed by atoms with Crippen LogP contribution in [0, 0.1) is 5.82 Å². The van der Waals surface area contributed by atoms with Crippen molar-refractivity contribution in [3.8, 4) is 0 Å². The van der Waals surface area contributed by atoms with E-state index in [0.29, 0.717) is 5.39 Å². The number of aromatic nitrogens is 1. The van der Waals surface area contributed by atoms with Crippen molar-refractivity contribution in [3.05, 3.63) is 64.2 Å². The third kappa shape index (κ3) is 3.34. The van der Waals surface area contributed by atoms with Gasteiger partial charge in [-0.1, -0.05) is 6.07 Å². The Morgan fingerprint density at radius 1 is 1.00 bits per heavy atom. The lowest BCUT2D eigenvalue weighted by atomic mass is 10.1. The van der Waals surface area contributed by atoms with Crippen LogP contribution < -0.4 is 0 Å². The molecule has 0 N–H and O–H groups in total. The Kier molecular flexibility index (Phi) is 4.56. The molecule has 1 saturated heterocycles. The van der Waals surface area contributed by atoms with E-state index >= 15 is 0 Å². The summed E-state index contributed by atoms with van der Waals surface area (Å²) in [6.45, 7) is 6.09. The molecule has 0 bridgehead atoms. The standard InChI is InChI=1S/C19H20FN3S/c20-18-4-3-16(19-17(18)2-1-6-21-19)13-23-9-7-22(8-10-23)12-15-5-11-24-14-15/h1-6,11,14H,7-10,12-13H2. The van der Waals surface area contributed by atoms with Crippen LogP contribution in [0.15, 0.2) is 47.3 Å². The predicted molar refractivity (Wildman–Crippen MR) is 96.6 cm³/mol. The summed E-state index contributed by atoms with van der Waals surface area (Å²) in [6, 6.07) is 9.24. The van der Waals surface area contributed by atoms with Gasteiger partial charge in [0.2, 0.25) is 0 Å². The topological polar surface area (TPSA) is 19.4 Å². The molecule has 1 aliphatic heterocycles. The predicted octanol–water partition coefficient (Wildman–Crippen LogP) is 3.75. The van der Waals surface area contributed by atoms with E-state index in [4.69, 9.17) is 0 Å². The number of hydrogen-bond donors (Lipinski definition) is 0. The van der Waals surface area contributed by atoms with Crippen LogP contribution in [-0.4, -0.2) is 41.0 Å². The first-order valence-electron chi connectivity index (χ1n) is 8.27. The lowest BCUT2D eigenvalue weighted by Gasteiger charge is -2.34. The van der Waals surface area contributed by atoms with Gasteiger partial charge in [-0.25, -0.2) is 4.39 Å². The average molecular weight is 341 g/mol. The van der Waals surface area contributed by atoms with Gasteiger partial charge in [0.15, 0.2) is 0 Å². The minimum atomic E-state index is -0.192. The Morgan fingerprint density at radius 2 is 1.79 bits per heavy atom. The summed E-state index contributed by atoms with van der Waals surface area (Å²) in [5, 5.41) is 4.98. The van der Waals surface area contributed by atoms with E-state index in [1.54, 1.807) is 35.7 Å². The van der Waals surface area contributed by atoms with Gasteiger partial charge in [0.25, 0.3) is 0 Å². The minimum absolute atomic E-state index is 0.192. The third-order valence-corrected chi connectivity index (χ3v) is 5.38. The van der Waals surface area contributed by atoms with Crippen molar-refractivity contribution in [1.29, 1.82) is 0 Å². The van der Waals surface area contributed by atoms with E-state index in [9.17, 15) is 4.39 Å². The number of benzene rings is 1. The molecule has 0 aliphatic carbocycles. The smallest absolute Gasteiger partial charge is 0.132 e. The van der Waals surface area contributed by atoms with E-state index in [1.807, 2.05) is 6.07 Å². The lowest BCUT2D eigenvalue weighted by Crippen LogP contribution is -2.45. The van der Waals surface area contributed by atoms with E-state index in [-0.39, 0.29) is 5.82 Å². The minimum Gasteiger partial charge on any atom is -0.297 e. The molecule has 24 heavy (non-hydrogen) atoms. The van der Waals surface area contributed by atoms with E-state index < -0.39 is 0 Å². The Hall–Kier alpha value is -1.82. The summed E-state index contributed by atoms with van der Waals surface area (Å²) >= 11 is 1.76. The maximum Gasteiger partial charge on any atom is 0.132 e. The number of nitrogens with zero attached hydrogens (tertiary/aromatic N) is 3. The fraction of sp³-hybridized carbons (Fsp3) is 0.316. The Morgan fingerprint density at radius 3 is 2.54 bits per heavy atom. The van der Waals surface area contributed by atoms with Crippen LogP contribution >= 0.6 is 11.3 Å². The van der Waals surface area contributed by atoms with Gasteiger partial charge in [0.05, 0.1) is 5.52 Å². The van der Waals surface area contributed by atoms with Crippen LogP contribution in [-0.2, 0) is 13.1 Å². The molecule has 2 aromatic heterocycles. The third-order valence-electron chi connectivity index (χ3n) is 4.65. The quantitative estimate of drug-likeness (QED) is 0.720. The van der Waals surface area contributed by atoms with Crippen LogP contribution in [0.25, 0.3) is 10.9 Å². The van der Waals surface area contributed by atoms with Gasteiger partial charge in [-0.05, 0) is 46.2 Å². The molecule has 1 aromatic carbocycles. The van der Waals surface area contributed by atoms with Crippen molar-refractivity contribution in [3.63, 3.8) is 0 Å². The number of pyridine rings is 1. The first-order chi connectivity index (χ1) is 11.8. The molecule has 0 amide bonds. The number of halogens is 1. The van der Waals surface area contributed by atoms with Crippen molar-refractivity contribution in [2.24, 2.45) is 0 Å². The molecule has 1 fully saturated rings. The van der Waals surface area contributed by atoms with E-state index in [1.165, 1.54) is 5.56 Å². The van der Waals surface area contributed by atoms with Gasteiger partial charge >= 0.3 is 0 Å². The van der Waals surface area contributed by atoms with Crippen molar-refractivity contribution in [1.82, 2.24) is 14.8 Å². The van der Waals surface area contributed by atoms with Gasteiger partial charge in [-0.15, -0.1) is 0 Å². The number of fused-ring (bicyclic) bond motifs is 1. The zero-order chi connectivity index (χ0) is 16.4. The van der Waals surface area contributed by atoms with Crippen LogP contribution in [0.3, 0.4) is 0 Å². The Bertz CT molecular complexity index is 811. The van der Waals surface area contributed by atoms with Gasteiger partial charge in [-0.3, -0.25) is 14.8 Å². The maximum atomic E-state index is 13.9. The van der Waals surface area contributed by atoms with Crippen LogP contribution in [0.1, 0.15) is 11.1 Å². The van der Waals surface area contributed by atoms with E-state index in [2.05, 4.69) is 31.6 Å². The molecule has 3 aromatic rings. The summed E-state index contributed by atoms with van der Waals surface area (Å²) in [5.74, 6) is -0.192. The van der Waals surface area contributed by atoms with E-state index in [0.717, 1.165) is 50.3 Å².